The molecule has 0 radical (unpaired) electrons. The third kappa shape index (κ3) is 2.59. The van der Waals surface area contributed by atoms with Crippen LogP contribution in [0.15, 0.2) is 30.5 Å². The highest BCUT2D eigenvalue weighted by Gasteiger charge is 2.22. The molecule has 21 heavy (non-hydrogen) atoms. The summed E-state index contributed by atoms with van der Waals surface area (Å²) in [5.74, 6) is -0.353. The average molecular weight is 281 g/mol. The molecule has 0 saturated carbocycles. The van der Waals surface area contributed by atoms with Crippen LogP contribution in [0.3, 0.4) is 0 Å². The molecule has 1 aliphatic rings. The number of nitrogens with zero attached hydrogens (tertiary/aromatic N) is 2. The predicted octanol–water partition coefficient (Wildman–Crippen LogP) is 3.89. The number of rotatable bonds is 2. The summed E-state index contributed by atoms with van der Waals surface area (Å²) >= 11 is 0. The van der Waals surface area contributed by atoms with Gasteiger partial charge in [-0.15, -0.1) is 0 Å². The third-order valence-corrected chi connectivity index (χ3v) is 4.00. The van der Waals surface area contributed by atoms with Gasteiger partial charge in [-0.1, -0.05) is 6.07 Å². The molecule has 3 nitrogen and oxygen atoms in total. The van der Waals surface area contributed by atoms with Gasteiger partial charge in [-0.05, 0) is 49.9 Å². The van der Waals surface area contributed by atoms with Gasteiger partial charge in [0.15, 0.2) is 0 Å². The summed E-state index contributed by atoms with van der Waals surface area (Å²) < 4.78 is 13.9. The first-order valence-corrected chi connectivity index (χ1v) is 7.09. The quantitative estimate of drug-likeness (QED) is 0.908. The fourth-order valence-electron chi connectivity index (χ4n) is 2.83. The molecule has 1 heterocycles. The summed E-state index contributed by atoms with van der Waals surface area (Å²) in [5.41, 5.74) is 3.83. The van der Waals surface area contributed by atoms with E-state index in [1.165, 1.54) is 11.6 Å². The van der Waals surface area contributed by atoms with Crippen LogP contribution in [0, 0.1) is 24.1 Å². The minimum absolute atomic E-state index is 0.0713. The molecule has 1 aromatic carbocycles. The molecule has 0 amide bonds. The van der Waals surface area contributed by atoms with Crippen molar-refractivity contribution in [3.8, 4) is 6.07 Å². The van der Waals surface area contributed by atoms with E-state index in [1.807, 2.05) is 12.1 Å². The Kier molecular flexibility index (Phi) is 3.57. The van der Waals surface area contributed by atoms with Crippen LogP contribution in [-0.4, -0.2) is 4.98 Å². The summed E-state index contributed by atoms with van der Waals surface area (Å²) in [5, 5.41) is 12.4. The highest BCUT2D eigenvalue weighted by Crippen LogP contribution is 2.32. The number of anilines is 1. The number of nitriles is 1. The maximum absolute atomic E-state index is 13.9. The second-order valence-corrected chi connectivity index (χ2v) is 5.38. The van der Waals surface area contributed by atoms with Crippen molar-refractivity contribution in [2.75, 3.05) is 5.32 Å². The van der Waals surface area contributed by atoms with Crippen molar-refractivity contribution in [2.45, 2.75) is 32.2 Å². The second kappa shape index (κ2) is 5.53. The molecular weight excluding hydrogens is 265 g/mol. The van der Waals surface area contributed by atoms with Crippen molar-refractivity contribution in [3.63, 3.8) is 0 Å². The predicted molar refractivity (Wildman–Crippen MR) is 79.4 cm³/mol. The van der Waals surface area contributed by atoms with Crippen molar-refractivity contribution in [1.82, 2.24) is 4.98 Å². The number of pyridine rings is 1. The van der Waals surface area contributed by atoms with E-state index in [-0.39, 0.29) is 11.9 Å². The highest BCUT2D eigenvalue weighted by atomic mass is 19.1. The molecule has 0 spiro atoms. The number of nitrogens with one attached hydrogen (secondary N) is 1. The van der Waals surface area contributed by atoms with E-state index in [0.29, 0.717) is 16.8 Å². The lowest BCUT2D eigenvalue weighted by atomic mass is 9.91. The third-order valence-electron chi connectivity index (χ3n) is 4.00. The average Bonchev–Trinajstić information content (AvgIpc) is 2.52. The molecule has 4 heteroatoms. The van der Waals surface area contributed by atoms with Gasteiger partial charge in [0.2, 0.25) is 0 Å². The molecule has 0 aliphatic heterocycles. The first-order chi connectivity index (χ1) is 10.2. The number of hydrogen-bond donors (Lipinski definition) is 1. The minimum atomic E-state index is -0.353. The Balaban J connectivity index is 1.95. The van der Waals surface area contributed by atoms with E-state index in [0.717, 1.165) is 25.0 Å². The Bertz CT molecular complexity index is 718. The maximum atomic E-state index is 13.9. The van der Waals surface area contributed by atoms with Crippen molar-refractivity contribution in [1.29, 1.82) is 5.26 Å². The molecule has 1 aliphatic carbocycles. The number of hydrogen-bond acceptors (Lipinski definition) is 3. The molecule has 0 saturated heterocycles. The number of halogens is 1. The van der Waals surface area contributed by atoms with Crippen LogP contribution >= 0.6 is 0 Å². The van der Waals surface area contributed by atoms with Gasteiger partial charge in [-0.25, -0.2) is 4.39 Å². The van der Waals surface area contributed by atoms with Crippen molar-refractivity contribution >= 4 is 5.69 Å². The zero-order chi connectivity index (χ0) is 14.8. The molecule has 1 unspecified atom stereocenters. The van der Waals surface area contributed by atoms with E-state index in [9.17, 15) is 4.39 Å². The Labute approximate surface area is 123 Å². The summed E-state index contributed by atoms with van der Waals surface area (Å²) in [6.45, 7) is 1.72. The number of benzene rings is 1. The molecule has 2 aromatic rings. The van der Waals surface area contributed by atoms with Gasteiger partial charge in [0.25, 0.3) is 0 Å². The number of aryl methyl sites for hydroxylation is 1. The van der Waals surface area contributed by atoms with Crippen LogP contribution in [0.1, 0.15) is 41.3 Å². The number of aromatic nitrogens is 1. The van der Waals surface area contributed by atoms with Crippen molar-refractivity contribution < 1.29 is 4.39 Å². The Morgan fingerprint density at radius 1 is 1.43 bits per heavy atom. The second-order valence-electron chi connectivity index (χ2n) is 5.38. The molecule has 1 N–H and O–H groups in total. The highest BCUT2D eigenvalue weighted by molar-refractivity contribution is 5.57. The van der Waals surface area contributed by atoms with Gasteiger partial charge >= 0.3 is 0 Å². The zero-order valence-electron chi connectivity index (χ0n) is 11.9. The van der Waals surface area contributed by atoms with Gasteiger partial charge in [-0.3, -0.25) is 4.98 Å². The SMILES string of the molecule is Cc1c(F)cc(C#N)cc1NC1CCCc2cccnc21. The van der Waals surface area contributed by atoms with E-state index in [2.05, 4.69) is 16.4 Å². The van der Waals surface area contributed by atoms with Gasteiger partial charge in [0.1, 0.15) is 5.82 Å². The fourth-order valence-corrected chi connectivity index (χ4v) is 2.83. The van der Waals surface area contributed by atoms with Crippen molar-refractivity contribution in [2.24, 2.45) is 0 Å². The Hall–Kier alpha value is -2.41. The molecule has 1 atom stereocenters. The van der Waals surface area contributed by atoms with Crippen LogP contribution in [0.5, 0.6) is 0 Å². The molecule has 106 valence electrons. The van der Waals surface area contributed by atoms with Crippen LogP contribution in [0.25, 0.3) is 0 Å². The van der Waals surface area contributed by atoms with E-state index in [1.54, 1.807) is 19.2 Å². The molecular formula is C17H16FN3. The molecule has 0 bridgehead atoms. The Morgan fingerprint density at radius 2 is 2.29 bits per heavy atom. The monoisotopic (exact) mass is 281 g/mol. The van der Waals surface area contributed by atoms with Gasteiger partial charge < -0.3 is 5.32 Å². The summed E-state index contributed by atoms with van der Waals surface area (Å²) in [6.07, 6.45) is 4.86. The minimum Gasteiger partial charge on any atom is -0.376 e. The van der Waals surface area contributed by atoms with Crippen molar-refractivity contribution in [3.05, 3.63) is 58.7 Å². The lowest BCUT2D eigenvalue weighted by Gasteiger charge is -2.26. The first kappa shape index (κ1) is 13.6. The van der Waals surface area contributed by atoms with E-state index < -0.39 is 0 Å². The van der Waals surface area contributed by atoms with E-state index >= 15 is 0 Å². The van der Waals surface area contributed by atoms with E-state index in [4.69, 9.17) is 5.26 Å². The van der Waals surface area contributed by atoms with Crippen LogP contribution in [0.2, 0.25) is 0 Å². The fraction of sp³-hybridized carbons (Fsp3) is 0.294. The zero-order valence-corrected chi connectivity index (χ0v) is 11.9. The van der Waals surface area contributed by atoms with Gasteiger partial charge in [-0.2, -0.15) is 5.26 Å². The lowest BCUT2D eigenvalue weighted by molar-refractivity contribution is 0.580. The molecule has 3 rings (SSSR count). The van der Waals surface area contributed by atoms with Crippen LogP contribution in [-0.2, 0) is 6.42 Å². The standard InChI is InChI=1S/C17H16FN3/c1-11-14(18)8-12(10-19)9-16(11)21-15-6-2-4-13-5-3-7-20-17(13)15/h3,5,7-9,15,21H,2,4,6H2,1H3. The smallest absolute Gasteiger partial charge is 0.129 e. The van der Waals surface area contributed by atoms with Crippen LogP contribution in [0.4, 0.5) is 10.1 Å². The number of fused-ring (bicyclic) bond motifs is 1. The normalized spacial score (nSPS) is 16.9. The van der Waals surface area contributed by atoms with Crippen LogP contribution < -0.4 is 5.32 Å². The molecule has 0 fully saturated rings. The molecule has 1 aromatic heterocycles. The lowest BCUT2D eigenvalue weighted by Crippen LogP contribution is -2.19. The first-order valence-electron chi connectivity index (χ1n) is 7.09. The summed E-state index contributed by atoms with van der Waals surface area (Å²) in [7, 11) is 0. The largest absolute Gasteiger partial charge is 0.376 e. The Morgan fingerprint density at radius 3 is 3.10 bits per heavy atom. The summed E-state index contributed by atoms with van der Waals surface area (Å²) in [6, 6.07) is 9.08. The topological polar surface area (TPSA) is 48.7 Å². The van der Waals surface area contributed by atoms with Gasteiger partial charge in [0, 0.05) is 17.4 Å². The van der Waals surface area contributed by atoms with Gasteiger partial charge in [0.05, 0.1) is 23.4 Å². The summed E-state index contributed by atoms with van der Waals surface area (Å²) in [4.78, 5) is 4.47. The maximum Gasteiger partial charge on any atom is 0.129 e.